The minimum absolute atomic E-state index is 0.0451. The summed E-state index contributed by atoms with van der Waals surface area (Å²) in [6.07, 6.45) is 1.69. The molecule has 0 bridgehead atoms. The molecule has 0 fully saturated rings. The Morgan fingerprint density at radius 1 is 1.77 bits per heavy atom. The molecular weight excluding hydrogens is 250 g/mol. The van der Waals surface area contributed by atoms with E-state index in [4.69, 9.17) is 5.73 Å². The van der Waals surface area contributed by atoms with Gasteiger partial charge in [0.2, 0.25) is 0 Å². The van der Waals surface area contributed by atoms with E-state index in [2.05, 4.69) is 15.9 Å². The van der Waals surface area contributed by atoms with Crippen LogP contribution in [0.2, 0.25) is 0 Å². The molecule has 0 aliphatic carbocycles. The first kappa shape index (κ1) is 10.9. The largest absolute Gasteiger partial charge is 0.321 e. The number of nitrogens with two attached hydrogens (primary N) is 1. The Hall–Kier alpha value is -0.190. The number of hydrogen-bond donors (Lipinski definition) is 1. The van der Waals surface area contributed by atoms with Gasteiger partial charge >= 0.3 is 0 Å². The van der Waals surface area contributed by atoms with Crippen LogP contribution in [0.3, 0.4) is 0 Å². The predicted molar refractivity (Wildman–Crippen MR) is 59.2 cm³/mol. The molecule has 4 heteroatoms. The van der Waals surface area contributed by atoms with Gasteiger partial charge in [-0.2, -0.15) is 0 Å². The number of carbonyl (C=O) groups is 1. The zero-order chi connectivity index (χ0) is 9.84. The van der Waals surface area contributed by atoms with Crippen LogP contribution in [-0.4, -0.2) is 11.8 Å². The lowest BCUT2D eigenvalue weighted by Crippen LogP contribution is -2.29. The van der Waals surface area contributed by atoms with Crippen molar-refractivity contribution in [3.05, 3.63) is 20.8 Å². The lowest BCUT2D eigenvalue weighted by Gasteiger charge is -2.07. The molecule has 1 aromatic heterocycles. The van der Waals surface area contributed by atoms with Crippen LogP contribution in [0.4, 0.5) is 0 Å². The van der Waals surface area contributed by atoms with E-state index < -0.39 is 0 Å². The second-order valence-corrected chi connectivity index (χ2v) is 4.63. The molecule has 0 amide bonds. The zero-order valence-electron chi connectivity index (χ0n) is 7.42. The van der Waals surface area contributed by atoms with E-state index in [1.54, 1.807) is 0 Å². The molecule has 1 heterocycles. The van der Waals surface area contributed by atoms with Gasteiger partial charge in [-0.25, -0.2) is 0 Å². The van der Waals surface area contributed by atoms with Crippen LogP contribution in [0.1, 0.15) is 29.4 Å². The summed E-state index contributed by atoms with van der Waals surface area (Å²) in [5.74, 6) is 0.0451. The van der Waals surface area contributed by atoms with Gasteiger partial charge < -0.3 is 5.73 Å². The maximum absolute atomic E-state index is 11.7. The quantitative estimate of drug-likeness (QED) is 0.848. The maximum Gasteiger partial charge on any atom is 0.190 e. The van der Waals surface area contributed by atoms with Gasteiger partial charge in [0.1, 0.15) is 0 Å². The SMILES string of the molecule is CCCC(N)C(=O)c1sccc1Br. The van der Waals surface area contributed by atoms with Crippen molar-refractivity contribution in [2.24, 2.45) is 5.73 Å². The summed E-state index contributed by atoms with van der Waals surface area (Å²) >= 11 is 4.76. The fourth-order valence-corrected chi connectivity index (χ4v) is 2.65. The van der Waals surface area contributed by atoms with Gasteiger partial charge in [0.05, 0.1) is 10.9 Å². The Labute approximate surface area is 90.3 Å². The summed E-state index contributed by atoms with van der Waals surface area (Å²) in [7, 11) is 0. The van der Waals surface area contributed by atoms with Gasteiger partial charge in [-0.3, -0.25) is 4.79 Å². The van der Waals surface area contributed by atoms with E-state index in [-0.39, 0.29) is 11.8 Å². The molecule has 13 heavy (non-hydrogen) atoms. The summed E-state index contributed by atoms with van der Waals surface area (Å²) in [6.45, 7) is 2.02. The summed E-state index contributed by atoms with van der Waals surface area (Å²) in [5.41, 5.74) is 5.72. The molecular formula is C9H12BrNOS. The summed E-state index contributed by atoms with van der Waals surface area (Å²) in [4.78, 5) is 12.4. The molecule has 0 radical (unpaired) electrons. The van der Waals surface area contributed by atoms with Crippen LogP contribution in [-0.2, 0) is 0 Å². The Kier molecular flexibility index (Phi) is 4.09. The lowest BCUT2D eigenvalue weighted by atomic mass is 10.1. The fraction of sp³-hybridized carbons (Fsp3) is 0.444. The molecule has 0 saturated heterocycles. The molecule has 2 N–H and O–H groups in total. The Morgan fingerprint density at radius 3 is 2.92 bits per heavy atom. The van der Waals surface area contributed by atoms with Crippen molar-refractivity contribution in [2.45, 2.75) is 25.8 Å². The molecule has 2 nitrogen and oxygen atoms in total. The van der Waals surface area contributed by atoms with E-state index in [0.717, 1.165) is 22.2 Å². The highest BCUT2D eigenvalue weighted by molar-refractivity contribution is 9.10. The average molecular weight is 262 g/mol. The fourth-order valence-electron chi connectivity index (χ4n) is 1.08. The Balaban J connectivity index is 2.73. The number of halogens is 1. The van der Waals surface area contributed by atoms with Crippen LogP contribution < -0.4 is 5.73 Å². The normalized spacial score (nSPS) is 12.8. The molecule has 0 aliphatic rings. The van der Waals surface area contributed by atoms with Crippen molar-refractivity contribution in [1.82, 2.24) is 0 Å². The van der Waals surface area contributed by atoms with Crippen molar-refractivity contribution in [1.29, 1.82) is 0 Å². The minimum atomic E-state index is -0.347. The molecule has 0 aliphatic heterocycles. The third kappa shape index (κ3) is 2.62. The molecule has 1 aromatic rings. The number of rotatable bonds is 4. The highest BCUT2D eigenvalue weighted by Crippen LogP contribution is 2.24. The summed E-state index contributed by atoms with van der Waals surface area (Å²) < 4.78 is 0.856. The highest BCUT2D eigenvalue weighted by Gasteiger charge is 2.18. The summed E-state index contributed by atoms with van der Waals surface area (Å²) in [5, 5.41) is 1.88. The van der Waals surface area contributed by atoms with E-state index in [1.165, 1.54) is 11.3 Å². The van der Waals surface area contributed by atoms with E-state index >= 15 is 0 Å². The first-order chi connectivity index (χ1) is 6.16. The predicted octanol–water partition coefficient (Wildman–Crippen LogP) is 2.82. The van der Waals surface area contributed by atoms with E-state index in [0.29, 0.717) is 0 Å². The molecule has 1 rings (SSSR count). The first-order valence-electron chi connectivity index (χ1n) is 4.19. The molecule has 72 valence electrons. The van der Waals surface area contributed by atoms with Crippen LogP contribution >= 0.6 is 27.3 Å². The zero-order valence-corrected chi connectivity index (χ0v) is 9.82. The molecule has 1 atom stereocenters. The number of ketones is 1. The molecule has 0 saturated carbocycles. The van der Waals surface area contributed by atoms with Crippen molar-refractivity contribution in [2.75, 3.05) is 0 Å². The smallest absolute Gasteiger partial charge is 0.190 e. The van der Waals surface area contributed by atoms with E-state index in [1.807, 2.05) is 18.4 Å². The molecule has 0 aromatic carbocycles. The monoisotopic (exact) mass is 261 g/mol. The van der Waals surface area contributed by atoms with Gasteiger partial charge in [0.25, 0.3) is 0 Å². The van der Waals surface area contributed by atoms with Crippen LogP contribution in [0.15, 0.2) is 15.9 Å². The van der Waals surface area contributed by atoms with Gasteiger partial charge in [-0.15, -0.1) is 11.3 Å². The van der Waals surface area contributed by atoms with Crippen molar-refractivity contribution < 1.29 is 4.79 Å². The topological polar surface area (TPSA) is 43.1 Å². The Bertz CT molecular complexity index is 298. The van der Waals surface area contributed by atoms with Crippen molar-refractivity contribution in [3.63, 3.8) is 0 Å². The minimum Gasteiger partial charge on any atom is -0.321 e. The number of carbonyl (C=O) groups excluding carboxylic acids is 1. The number of thiophene rings is 1. The number of Topliss-reactive ketones (excluding diaryl/α,β-unsaturated/α-hetero) is 1. The second-order valence-electron chi connectivity index (χ2n) is 2.86. The van der Waals surface area contributed by atoms with Gasteiger partial charge in [-0.05, 0) is 33.8 Å². The van der Waals surface area contributed by atoms with Crippen LogP contribution in [0, 0.1) is 0 Å². The number of hydrogen-bond acceptors (Lipinski definition) is 3. The lowest BCUT2D eigenvalue weighted by molar-refractivity contribution is 0.0960. The van der Waals surface area contributed by atoms with Gasteiger partial charge in [0, 0.05) is 4.47 Å². The van der Waals surface area contributed by atoms with Crippen LogP contribution in [0.5, 0.6) is 0 Å². The standard InChI is InChI=1S/C9H12BrNOS/c1-2-3-7(11)8(12)9-6(10)4-5-13-9/h4-5,7H,2-3,11H2,1H3. The van der Waals surface area contributed by atoms with Crippen molar-refractivity contribution >= 4 is 33.0 Å². The van der Waals surface area contributed by atoms with E-state index in [9.17, 15) is 4.79 Å². The van der Waals surface area contributed by atoms with Crippen LogP contribution in [0.25, 0.3) is 0 Å². The first-order valence-corrected chi connectivity index (χ1v) is 5.86. The highest BCUT2D eigenvalue weighted by atomic mass is 79.9. The third-order valence-corrected chi connectivity index (χ3v) is 3.63. The van der Waals surface area contributed by atoms with Gasteiger partial charge in [-0.1, -0.05) is 13.3 Å². The van der Waals surface area contributed by atoms with Gasteiger partial charge in [0.15, 0.2) is 5.78 Å². The Morgan fingerprint density at radius 2 is 2.46 bits per heavy atom. The maximum atomic E-state index is 11.7. The average Bonchev–Trinajstić information content (AvgIpc) is 2.50. The molecule has 1 unspecified atom stereocenters. The van der Waals surface area contributed by atoms with Crippen molar-refractivity contribution in [3.8, 4) is 0 Å². The molecule has 0 spiro atoms. The summed E-state index contributed by atoms with van der Waals surface area (Å²) in [6, 6.07) is 1.52. The third-order valence-electron chi connectivity index (χ3n) is 1.78. The second kappa shape index (κ2) is 4.88.